The summed E-state index contributed by atoms with van der Waals surface area (Å²) in [4.78, 5) is 16.8. The summed E-state index contributed by atoms with van der Waals surface area (Å²) in [5, 5.41) is 10.6. The van der Waals surface area contributed by atoms with Crippen LogP contribution in [0.5, 0.6) is 0 Å². The molecule has 5 heteroatoms. The smallest absolute Gasteiger partial charge is 0.543 e. The first-order valence-corrected chi connectivity index (χ1v) is 4.55. The van der Waals surface area contributed by atoms with Crippen molar-refractivity contribution in [1.29, 1.82) is 0 Å². The SMILES string of the molecule is CN1CCc2nc(C(=O)[O-])ccc2C1.[Li+]. The minimum atomic E-state index is -1.20. The summed E-state index contributed by atoms with van der Waals surface area (Å²) in [7, 11) is 2.04. The van der Waals surface area contributed by atoms with Crippen molar-refractivity contribution in [1.82, 2.24) is 9.88 Å². The van der Waals surface area contributed by atoms with Crippen molar-refractivity contribution < 1.29 is 28.8 Å². The molecule has 0 N–H and O–H groups in total. The van der Waals surface area contributed by atoms with Gasteiger partial charge in [0.2, 0.25) is 0 Å². The van der Waals surface area contributed by atoms with Crippen LogP contribution < -0.4 is 24.0 Å². The van der Waals surface area contributed by atoms with Crippen molar-refractivity contribution in [3.63, 3.8) is 0 Å². The van der Waals surface area contributed by atoms with E-state index in [1.807, 2.05) is 13.1 Å². The number of rotatable bonds is 1. The molecule has 74 valence electrons. The van der Waals surface area contributed by atoms with Gasteiger partial charge in [-0.25, -0.2) is 0 Å². The molecule has 2 heterocycles. The summed E-state index contributed by atoms with van der Waals surface area (Å²) in [6, 6.07) is 3.33. The van der Waals surface area contributed by atoms with E-state index in [2.05, 4.69) is 9.88 Å². The average Bonchev–Trinajstić information content (AvgIpc) is 2.16. The van der Waals surface area contributed by atoms with Gasteiger partial charge >= 0.3 is 18.9 Å². The largest absolute Gasteiger partial charge is 1.00 e. The Morgan fingerprint density at radius 3 is 2.93 bits per heavy atom. The van der Waals surface area contributed by atoms with Gasteiger partial charge in [0.15, 0.2) is 0 Å². The minimum Gasteiger partial charge on any atom is -0.543 e. The Labute approximate surface area is 100 Å². The van der Waals surface area contributed by atoms with Crippen molar-refractivity contribution in [2.24, 2.45) is 0 Å². The third kappa shape index (κ3) is 2.60. The number of hydrogen-bond donors (Lipinski definition) is 0. The van der Waals surface area contributed by atoms with E-state index in [1.54, 1.807) is 0 Å². The van der Waals surface area contributed by atoms with Crippen LogP contribution in [0, 0.1) is 0 Å². The summed E-state index contributed by atoms with van der Waals surface area (Å²) in [5.41, 5.74) is 2.04. The fourth-order valence-corrected chi connectivity index (χ4v) is 1.67. The van der Waals surface area contributed by atoms with Gasteiger partial charge in [0.1, 0.15) is 0 Å². The maximum Gasteiger partial charge on any atom is 1.00 e. The standard InChI is InChI=1S/C10H12N2O2.Li/c1-12-5-4-8-7(6-12)2-3-9(11-8)10(13)14;/h2-3H,4-6H2,1H3,(H,13,14);/q;+1/p-1. The molecule has 0 bridgehead atoms. The number of nitrogens with zero attached hydrogens (tertiary/aromatic N) is 2. The van der Waals surface area contributed by atoms with Crippen molar-refractivity contribution in [2.75, 3.05) is 13.6 Å². The van der Waals surface area contributed by atoms with Gasteiger partial charge in [-0.1, -0.05) is 6.07 Å². The van der Waals surface area contributed by atoms with Crippen LogP contribution in [0.2, 0.25) is 0 Å². The Hall–Kier alpha value is -0.823. The van der Waals surface area contributed by atoms with Gasteiger partial charge in [-0.15, -0.1) is 0 Å². The van der Waals surface area contributed by atoms with E-state index >= 15 is 0 Å². The summed E-state index contributed by atoms with van der Waals surface area (Å²) in [6.45, 7) is 1.77. The molecule has 1 aliphatic heterocycles. The van der Waals surface area contributed by atoms with Crippen LogP contribution in [0.1, 0.15) is 21.7 Å². The molecule has 0 atom stereocenters. The number of carboxylic acids is 1. The van der Waals surface area contributed by atoms with Gasteiger partial charge in [-0.3, -0.25) is 4.98 Å². The normalized spacial score (nSPS) is 15.3. The molecule has 0 aliphatic carbocycles. The molecule has 1 aromatic heterocycles. The molecule has 0 aromatic carbocycles. The predicted octanol–water partition coefficient (Wildman–Crippen LogP) is -3.56. The van der Waals surface area contributed by atoms with E-state index in [9.17, 15) is 9.90 Å². The summed E-state index contributed by atoms with van der Waals surface area (Å²) in [6.07, 6.45) is 0.812. The van der Waals surface area contributed by atoms with Crippen molar-refractivity contribution >= 4 is 5.97 Å². The summed E-state index contributed by atoms with van der Waals surface area (Å²) >= 11 is 0. The van der Waals surface area contributed by atoms with Gasteiger partial charge in [0.05, 0.1) is 11.7 Å². The van der Waals surface area contributed by atoms with E-state index in [4.69, 9.17) is 0 Å². The van der Waals surface area contributed by atoms with Gasteiger partial charge in [0, 0.05) is 25.2 Å². The maximum absolute atomic E-state index is 10.6. The fourth-order valence-electron chi connectivity index (χ4n) is 1.67. The Bertz CT molecular complexity index is 382. The molecular weight excluding hydrogens is 187 g/mol. The summed E-state index contributed by atoms with van der Waals surface area (Å²) in [5.74, 6) is -1.20. The molecule has 1 aliphatic rings. The zero-order valence-electron chi connectivity index (χ0n) is 8.99. The second-order valence-corrected chi connectivity index (χ2v) is 3.58. The first-order chi connectivity index (χ1) is 6.66. The van der Waals surface area contributed by atoms with E-state index in [0.29, 0.717) is 0 Å². The van der Waals surface area contributed by atoms with Crippen molar-refractivity contribution in [3.05, 3.63) is 29.1 Å². The number of carbonyl (C=O) groups is 1. The Morgan fingerprint density at radius 2 is 2.27 bits per heavy atom. The number of hydrogen-bond acceptors (Lipinski definition) is 4. The number of aromatic carboxylic acids is 1. The number of likely N-dealkylation sites (N-methyl/N-ethyl adjacent to an activating group) is 1. The summed E-state index contributed by atoms with van der Waals surface area (Å²) < 4.78 is 0. The van der Waals surface area contributed by atoms with E-state index in [1.165, 1.54) is 6.07 Å². The molecule has 0 saturated carbocycles. The van der Waals surface area contributed by atoms with Crippen molar-refractivity contribution in [3.8, 4) is 0 Å². The molecule has 4 nitrogen and oxygen atoms in total. The van der Waals surface area contributed by atoms with Crippen LogP contribution >= 0.6 is 0 Å². The molecule has 1 aromatic rings. The third-order valence-electron chi connectivity index (χ3n) is 2.45. The molecular formula is C10H11LiN2O2. The van der Waals surface area contributed by atoms with Gasteiger partial charge in [0.25, 0.3) is 0 Å². The van der Waals surface area contributed by atoms with Crippen LogP contribution in [0.25, 0.3) is 0 Å². The van der Waals surface area contributed by atoms with Crippen LogP contribution in [-0.4, -0.2) is 29.4 Å². The van der Waals surface area contributed by atoms with Gasteiger partial charge in [-0.2, -0.15) is 0 Å². The molecule has 0 spiro atoms. The van der Waals surface area contributed by atoms with E-state index in [-0.39, 0.29) is 24.6 Å². The number of aromatic nitrogens is 1. The fraction of sp³-hybridized carbons (Fsp3) is 0.400. The first kappa shape index (κ1) is 12.2. The second kappa shape index (κ2) is 4.80. The molecule has 0 amide bonds. The molecule has 0 saturated heterocycles. The third-order valence-corrected chi connectivity index (χ3v) is 2.45. The number of fused-ring (bicyclic) bond motifs is 1. The quantitative estimate of drug-likeness (QED) is 0.438. The second-order valence-electron chi connectivity index (χ2n) is 3.58. The molecule has 2 rings (SSSR count). The molecule has 0 unspecified atom stereocenters. The molecule has 0 fully saturated rings. The zero-order chi connectivity index (χ0) is 10.1. The molecule has 15 heavy (non-hydrogen) atoms. The number of pyridine rings is 1. The Balaban J connectivity index is 0.00000112. The Kier molecular flexibility index (Phi) is 3.92. The van der Waals surface area contributed by atoms with Gasteiger partial charge in [-0.05, 0) is 18.7 Å². The number of carboxylic acid groups (broad SMARTS) is 1. The molecule has 0 radical (unpaired) electrons. The Morgan fingerprint density at radius 1 is 1.53 bits per heavy atom. The predicted molar refractivity (Wildman–Crippen MR) is 48.6 cm³/mol. The van der Waals surface area contributed by atoms with Crippen LogP contribution in [0.4, 0.5) is 0 Å². The van der Waals surface area contributed by atoms with E-state index < -0.39 is 5.97 Å². The van der Waals surface area contributed by atoms with Crippen LogP contribution in [0.15, 0.2) is 12.1 Å². The van der Waals surface area contributed by atoms with Crippen LogP contribution in [0.3, 0.4) is 0 Å². The monoisotopic (exact) mass is 198 g/mol. The topological polar surface area (TPSA) is 56.3 Å². The van der Waals surface area contributed by atoms with Gasteiger partial charge < -0.3 is 14.8 Å². The first-order valence-electron chi connectivity index (χ1n) is 4.55. The number of carbonyl (C=O) groups excluding carboxylic acids is 1. The maximum atomic E-state index is 10.6. The zero-order valence-corrected chi connectivity index (χ0v) is 8.99. The average molecular weight is 198 g/mol. The van der Waals surface area contributed by atoms with E-state index in [0.717, 1.165) is 30.8 Å². The van der Waals surface area contributed by atoms with Crippen molar-refractivity contribution in [2.45, 2.75) is 13.0 Å². The van der Waals surface area contributed by atoms with Crippen LogP contribution in [-0.2, 0) is 13.0 Å². The minimum absolute atomic E-state index is 0.